The van der Waals surface area contributed by atoms with Crippen molar-refractivity contribution in [2.75, 3.05) is 19.0 Å². The minimum Gasteiger partial charge on any atom is -0.453 e. The van der Waals surface area contributed by atoms with Crippen molar-refractivity contribution in [3.8, 4) is 10.6 Å². The zero-order valence-corrected chi connectivity index (χ0v) is 17.6. The highest BCUT2D eigenvalue weighted by molar-refractivity contribution is 7.22. The Kier molecular flexibility index (Phi) is 5.07. The van der Waals surface area contributed by atoms with Crippen LogP contribution in [-0.2, 0) is 22.5 Å². The van der Waals surface area contributed by atoms with Crippen LogP contribution in [0, 0.1) is 5.92 Å². The second-order valence-corrected chi connectivity index (χ2v) is 9.12. The van der Waals surface area contributed by atoms with Crippen LogP contribution in [-0.4, -0.2) is 35.5 Å². The van der Waals surface area contributed by atoms with Gasteiger partial charge in [-0.25, -0.2) is 9.78 Å². The third-order valence-electron chi connectivity index (χ3n) is 4.76. The van der Waals surface area contributed by atoms with Crippen molar-refractivity contribution >= 4 is 49.9 Å². The fraction of sp³-hybridized carbons (Fsp3) is 0.350. The monoisotopic (exact) mass is 415 g/mol. The molecule has 4 rings (SSSR count). The number of benzene rings is 1. The summed E-state index contributed by atoms with van der Waals surface area (Å²) in [4.78, 5) is 31.9. The van der Waals surface area contributed by atoms with Crippen LogP contribution in [0.1, 0.15) is 24.3 Å². The zero-order valence-electron chi connectivity index (χ0n) is 15.9. The summed E-state index contributed by atoms with van der Waals surface area (Å²) >= 11 is 3.16. The van der Waals surface area contributed by atoms with Gasteiger partial charge in [0.25, 0.3) is 0 Å². The number of nitrogens with one attached hydrogen (secondary N) is 1. The summed E-state index contributed by atoms with van der Waals surface area (Å²) in [6, 6.07) is 8.04. The first kappa shape index (κ1) is 18.9. The van der Waals surface area contributed by atoms with E-state index in [-0.39, 0.29) is 17.9 Å². The molecular weight excluding hydrogens is 394 g/mol. The molecule has 6 nitrogen and oxygen atoms in total. The maximum absolute atomic E-state index is 12.4. The summed E-state index contributed by atoms with van der Waals surface area (Å²) in [5, 5.41) is 4.80. The molecule has 1 aliphatic heterocycles. The lowest BCUT2D eigenvalue weighted by atomic mass is 10.0. The van der Waals surface area contributed by atoms with Crippen LogP contribution in [0.4, 0.5) is 9.80 Å². The molecule has 28 heavy (non-hydrogen) atoms. The average Bonchev–Trinajstić information content (AvgIpc) is 3.26. The first-order valence-electron chi connectivity index (χ1n) is 9.12. The van der Waals surface area contributed by atoms with Crippen LogP contribution in [0.15, 0.2) is 24.3 Å². The Morgan fingerprint density at radius 2 is 2.04 bits per heavy atom. The van der Waals surface area contributed by atoms with Crippen molar-refractivity contribution in [1.82, 2.24) is 9.88 Å². The first-order valence-corrected chi connectivity index (χ1v) is 10.8. The predicted octanol–water partition coefficient (Wildman–Crippen LogP) is 4.74. The second-order valence-electron chi connectivity index (χ2n) is 6.98. The van der Waals surface area contributed by atoms with Gasteiger partial charge in [0.05, 0.1) is 23.9 Å². The van der Waals surface area contributed by atoms with Crippen LogP contribution < -0.4 is 5.32 Å². The SMILES string of the molecule is COC(=O)N1CCc2c(sc(NC(=O)C(C)C)c2-c2nc3ccccc3s2)C1. The van der Waals surface area contributed by atoms with E-state index in [2.05, 4.69) is 11.4 Å². The molecule has 0 fully saturated rings. The number of ether oxygens (including phenoxy) is 1. The Bertz CT molecular complexity index is 1020. The van der Waals surface area contributed by atoms with E-state index in [4.69, 9.17) is 9.72 Å². The Morgan fingerprint density at radius 3 is 2.75 bits per heavy atom. The van der Waals surface area contributed by atoms with E-state index in [0.29, 0.717) is 19.5 Å². The first-order chi connectivity index (χ1) is 13.5. The van der Waals surface area contributed by atoms with Crippen molar-refractivity contribution in [3.63, 3.8) is 0 Å². The molecular formula is C20H21N3O3S2. The molecule has 0 unspecified atom stereocenters. The molecule has 1 aliphatic rings. The van der Waals surface area contributed by atoms with E-state index >= 15 is 0 Å². The molecule has 0 saturated carbocycles. The third kappa shape index (κ3) is 3.38. The van der Waals surface area contributed by atoms with Gasteiger partial charge in [-0.2, -0.15) is 0 Å². The molecule has 0 spiro atoms. The molecule has 2 amide bonds. The number of fused-ring (bicyclic) bond motifs is 2. The molecule has 1 aromatic carbocycles. The average molecular weight is 416 g/mol. The van der Waals surface area contributed by atoms with Crippen LogP contribution >= 0.6 is 22.7 Å². The van der Waals surface area contributed by atoms with Crippen LogP contribution in [0.5, 0.6) is 0 Å². The molecule has 3 heterocycles. The number of hydrogen-bond donors (Lipinski definition) is 1. The second kappa shape index (κ2) is 7.52. The van der Waals surface area contributed by atoms with Gasteiger partial charge in [-0.3, -0.25) is 4.79 Å². The predicted molar refractivity (Wildman–Crippen MR) is 113 cm³/mol. The maximum atomic E-state index is 12.4. The Balaban J connectivity index is 1.80. The van der Waals surface area contributed by atoms with E-state index in [0.717, 1.165) is 30.7 Å². The van der Waals surface area contributed by atoms with Gasteiger partial charge in [0, 0.05) is 22.9 Å². The van der Waals surface area contributed by atoms with Crippen LogP contribution in [0.25, 0.3) is 20.8 Å². The van der Waals surface area contributed by atoms with E-state index < -0.39 is 0 Å². The van der Waals surface area contributed by atoms with Gasteiger partial charge in [0.1, 0.15) is 10.0 Å². The number of carbonyl (C=O) groups is 2. The molecule has 0 radical (unpaired) electrons. The molecule has 1 N–H and O–H groups in total. The lowest BCUT2D eigenvalue weighted by molar-refractivity contribution is -0.118. The van der Waals surface area contributed by atoms with Gasteiger partial charge in [0.2, 0.25) is 5.91 Å². The Morgan fingerprint density at radius 1 is 1.25 bits per heavy atom. The minimum absolute atomic E-state index is 0.0224. The van der Waals surface area contributed by atoms with Gasteiger partial charge in [-0.15, -0.1) is 22.7 Å². The number of nitrogens with zero attached hydrogens (tertiary/aromatic N) is 2. The molecule has 8 heteroatoms. The molecule has 0 bridgehead atoms. The van der Waals surface area contributed by atoms with Gasteiger partial charge >= 0.3 is 6.09 Å². The lowest BCUT2D eigenvalue weighted by Gasteiger charge is -2.25. The number of para-hydroxylation sites is 1. The topological polar surface area (TPSA) is 71.5 Å². The van der Waals surface area contributed by atoms with Crippen molar-refractivity contribution in [2.24, 2.45) is 5.92 Å². The highest BCUT2D eigenvalue weighted by atomic mass is 32.1. The number of methoxy groups -OCH3 is 1. The fourth-order valence-electron chi connectivity index (χ4n) is 3.24. The van der Waals surface area contributed by atoms with Gasteiger partial charge in [0.15, 0.2) is 0 Å². The summed E-state index contributed by atoms with van der Waals surface area (Å²) in [7, 11) is 1.40. The molecule has 3 aromatic rings. The Labute approximate surface area is 171 Å². The van der Waals surface area contributed by atoms with Crippen molar-refractivity contribution in [3.05, 3.63) is 34.7 Å². The number of thiazole rings is 1. The quantitative estimate of drug-likeness (QED) is 0.670. The van der Waals surface area contributed by atoms with Crippen LogP contribution in [0.3, 0.4) is 0 Å². The number of thiophene rings is 1. The molecule has 0 atom stereocenters. The number of carbonyl (C=O) groups excluding carboxylic acids is 2. The van der Waals surface area contributed by atoms with Gasteiger partial charge < -0.3 is 15.0 Å². The number of hydrogen-bond acceptors (Lipinski definition) is 6. The number of rotatable bonds is 3. The molecule has 146 valence electrons. The maximum Gasteiger partial charge on any atom is 0.409 e. The highest BCUT2D eigenvalue weighted by Crippen LogP contribution is 2.45. The Hall–Kier alpha value is -2.45. The fourth-order valence-corrected chi connectivity index (χ4v) is 5.61. The minimum atomic E-state index is -0.326. The summed E-state index contributed by atoms with van der Waals surface area (Å²) in [6.45, 7) is 4.83. The van der Waals surface area contributed by atoms with Crippen molar-refractivity contribution in [2.45, 2.75) is 26.8 Å². The van der Waals surface area contributed by atoms with E-state index in [1.54, 1.807) is 16.2 Å². The molecule has 2 aromatic heterocycles. The summed E-state index contributed by atoms with van der Waals surface area (Å²) in [5.74, 6) is -0.139. The zero-order chi connectivity index (χ0) is 19.8. The van der Waals surface area contributed by atoms with Crippen LogP contribution in [0.2, 0.25) is 0 Å². The van der Waals surface area contributed by atoms with E-state index in [1.165, 1.54) is 24.0 Å². The molecule has 0 aliphatic carbocycles. The van der Waals surface area contributed by atoms with Gasteiger partial charge in [-0.05, 0) is 24.1 Å². The van der Waals surface area contributed by atoms with E-state index in [1.807, 2.05) is 32.0 Å². The largest absolute Gasteiger partial charge is 0.453 e. The normalized spacial score (nSPS) is 13.6. The summed E-state index contributed by atoms with van der Waals surface area (Å²) in [5.41, 5.74) is 3.12. The molecule has 0 saturated heterocycles. The smallest absolute Gasteiger partial charge is 0.409 e. The summed E-state index contributed by atoms with van der Waals surface area (Å²) in [6.07, 6.45) is 0.386. The number of aromatic nitrogens is 1. The van der Waals surface area contributed by atoms with Gasteiger partial charge in [-0.1, -0.05) is 26.0 Å². The van der Waals surface area contributed by atoms with Crippen molar-refractivity contribution in [1.29, 1.82) is 0 Å². The third-order valence-corrected chi connectivity index (χ3v) is 6.94. The number of amides is 2. The van der Waals surface area contributed by atoms with E-state index in [9.17, 15) is 9.59 Å². The lowest BCUT2D eigenvalue weighted by Crippen LogP contribution is -2.35. The van der Waals surface area contributed by atoms with Crippen molar-refractivity contribution < 1.29 is 14.3 Å². The standard InChI is InChI=1S/C20H21N3O3S2/c1-11(2)17(24)22-19-16(18-21-13-6-4-5-7-14(13)27-18)12-8-9-23(20(25)26-3)10-15(12)28-19/h4-7,11H,8-10H2,1-3H3,(H,22,24). The highest BCUT2D eigenvalue weighted by Gasteiger charge is 2.30. The number of anilines is 1. The summed E-state index contributed by atoms with van der Waals surface area (Å²) < 4.78 is 5.99.